The van der Waals surface area contributed by atoms with Gasteiger partial charge >= 0.3 is 13.9 Å². The summed E-state index contributed by atoms with van der Waals surface area (Å²) in [6.07, 6.45) is 15.3. The van der Waals surface area contributed by atoms with E-state index in [-0.39, 0.29) is 13.2 Å². The summed E-state index contributed by atoms with van der Waals surface area (Å²) in [5.74, 6) is 0. The van der Waals surface area contributed by atoms with Crippen molar-refractivity contribution < 1.29 is 27.7 Å². The first kappa shape index (κ1) is 31.4. The van der Waals surface area contributed by atoms with Gasteiger partial charge in [-0.15, -0.1) is 0 Å². The van der Waals surface area contributed by atoms with Crippen LogP contribution in [0.5, 0.6) is 0 Å². The quantitative estimate of drug-likeness (QED) is 0.178. The lowest BCUT2D eigenvalue weighted by Gasteiger charge is -2.41. The van der Waals surface area contributed by atoms with Gasteiger partial charge in [0.2, 0.25) is 0 Å². The number of ether oxygens (including phenoxy) is 1. The molecule has 0 spiro atoms. The van der Waals surface area contributed by atoms with E-state index in [0.717, 1.165) is 12.8 Å². The first-order chi connectivity index (χ1) is 15.8. The van der Waals surface area contributed by atoms with E-state index < -0.39 is 30.7 Å². The van der Waals surface area contributed by atoms with Crippen molar-refractivity contribution in [3.63, 3.8) is 0 Å². The van der Waals surface area contributed by atoms with Gasteiger partial charge in [0.1, 0.15) is 5.60 Å². The van der Waals surface area contributed by atoms with E-state index in [0.29, 0.717) is 6.42 Å². The van der Waals surface area contributed by atoms with Crippen molar-refractivity contribution in [3.05, 3.63) is 0 Å². The highest BCUT2D eigenvalue weighted by Crippen LogP contribution is 2.56. The van der Waals surface area contributed by atoms with Gasteiger partial charge in [-0.25, -0.2) is 9.36 Å². The Bertz CT molecular complexity index is 614. The van der Waals surface area contributed by atoms with Crippen molar-refractivity contribution in [2.45, 2.75) is 149 Å². The molecule has 0 aromatic carbocycles. The summed E-state index contributed by atoms with van der Waals surface area (Å²) in [6.45, 7) is 13.3. The molecule has 0 radical (unpaired) electrons. The maximum atomic E-state index is 12.8. The fraction of sp³-hybridized carbons (Fsp3) is 0.962. The molecule has 0 aromatic heterocycles. The molecule has 0 aliphatic carbocycles. The van der Waals surface area contributed by atoms with Crippen molar-refractivity contribution in [1.82, 2.24) is 5.32 Å². The summed E-state index contributed by atoms with van der Waals surface area (Å²) in [6, 6.07) is 0. The van der Waals surface area contributed by atoms with Crippen LogP contribution in [0.2, 0.25) is 0 Å². The molecular formula is C26H52NO6P. The van der Waals surface area contributed by atoms with Gasteiger partial charge in [-0.05, 0) is 48.0 Å². The summed E-state index contributed by atoms with van der Waals surface area (Å²) < 4.78 is 35.0. The van der Waals surface area contributed by atoms with Crippen molar-refractivity contribution >= 4 is 13.9 Å². The maximum absolute atomic E-state index is 12.8. The van der Waals surface area contributed by atoms with E-state index in [2.05, 4.69) is 12.2 Å². The van der Waals surface area contributed by atoms with Crippen molar-refractivity contribution in [2.75, 3.05) is 13.2 Å². The molecule has 1 aliphatic rings. The van der Waals surface area contributed by atoms with Gasteiger partial charge in [0.05, 0.1) is 24.4 Å². The van der Waals surface area contributed by atoms with Gasteiger partial charge in [0.25, 0.3) is 0 Å². The van der Waals surface area contributed by atoms with Crippen molar-refractivity contribution in [1.29, 1.82) is 0 Å². The molecule has 1 fully saturated rings. The molecule has 1 aliphatic heterocycles. The predicted molar refractivity (Wildman–Crippen MR) is 138 cm³/mol. The zero-order valence-corrected chi connectivity index (χ0v) is 23.9. The van der Waals surface area contributed by atoms with Crippen LogP contribution in [0.3, 0.4) is 0 Å². The molecule has 7 nitrogen and oxygen atoms in total. The molecule has 34 heavy (non-hydrogen) atoms. The van der Waals surface area contributed by atoms with Crippen LogP contribution in [0.15, 0.2) is 0 Å². The highest BCUT2D eigenvalue weighted by Gasteiger charge is 2.46. The van der Waals surface area contributed by atoms with Crippen molar-refractivity contribution in [3.8, 4) is 0 Å². The molecule has 0 unspecified atom stereocenters. The molecule has 0 atom stereocenters. The Balaban J connectivity index is 2.45. The monoisotopic (exact) mass is 505 g/mol. The highest BCUT2D eigenvalue weighted by molar-refractivity contribution is 7.48. The van der Waals surface area contributed by atoms with Gasteiger partial charge in [0, 0.05) is 0 Å². The summed E-state index contributed by atoms with van der Waals surface area (Å²) in [5.41, 5.74) is -2.05. The average molecular weight is 506 g/mol. The Morgan fingerprint density at radius 2 is 1.24 bits per heavy atom. The number of hydrogen-bond acceptors (Lipinski definition) is 6. The van der Waals surface area contributed by atoms with Gasteiger partial charge < -0.3 is 10.1 Å². The van der Waals surface area contributed by atoms with Crippen LogP contribution in [-0.2, 0) is 22.9 Å². The van der Waals surface area contributed by atoms with Gasteiger partial charge in [-0.3, -0.25) is 13.6 Å². The Morgan fingerprint density at radius 3 is 1.65 bits per heavy atom. The smallest absolute Gasteiger partial charge is 0.444 e. The third-order valence-corrected chi connectivity index (χ3v) is 7.32. The number of nitrogens with one attached hydrogen (secondary N) is 1. The summed E-state index contributed by atoms with van der Waals surface area (Å²) >= 11 is 0. The number of carbonyl (C=O) groups is 1. The normalized spacial score (nSPS) is 23.6. The first-order valence-corrected chi connectivity index (χ1v) is 14.9. The van der Waals surface area contributed by atoms with Crippen LogP contribution in [0.4, 0.5) is 4.79 Å². The van der Waals surface area contributed by atoms with Gasteiger partial charge in [0.15, 0.2) is 0 Å². The Kier molecular flexibility index (Phi) is 13.7. The molecular weight excluding hydrogens is 453 g/mol. The zero-order valence-electron chi connectivity index (χ0n) is 23.0. The molecule has 1 amide bonds. The number of rotatable bonds is 15. The topological polar surface area (TPSA) is 83.1 Å². The molecule has 0 saturated carbocycles. The van der Waals surface area contributed by atoms with Crippen LogP contribution in [-0.4, -0.2) is 36.0 Å². The standard InChI is InChI=1S/C26H52NO6P/c1-8-9-10-11-12-13-14-15-16-17-18-19-20-26(27-23(28)32-24(2,3)4)21-30-34(29,31-22-26)33-25(5,6)7/h8-22H2,1-7H3,(H,27,28). The first-order valence-electron chi connectivity index (χ1n) is 13.4. The van der Waals surface area contributed by atoms with E-state index in [1.54, 1.807) is 20.8 Å². The molecule has 1 saturated heterocycles. The Hall–Kier alpha value is -0.620. The average Bonchev–Trinajstić information content (AvgIpc) is 2.68. The second-order valence-corrected chi connectivity index (χ2v) is 13.3. The molecule has 0 bridgehead atoms. The molecule has 1 heterocycles. The number of unbranched alkanes of at least 4 members (excludes halogenated alkanes) is 11. The third-order valence-electron chi connectivity index (χ3n) is 5.66. The minimum Gasteiger partial charge on any atom is -0.444 e. The van der Waals surface area contributed by atoms with E-state index >= 15 is 0 Å². The summed E-state index contributed by atoms with van der Waals surface area (Å²) in [7, 11) is -3.66. The van der Waals surface area contributed by atoms with Crippen LogP contribution in [0, 0.1) is 0 Å². The van der Waals surface area contributed by atoms with Gasteiger partial charge in [-0.1, -0.05) is 84.0 Å². The number of hydrogen-bond donors (Lipinski definition) is 1. The predicted octanol–water partition coefficient (Wildman–Crippen LogP) is 8.31. The number of amides is 1. The SMILES string of the molecule is CCCCCCCCCCCCCCC1(NC(=O)OC(C)(C)C)COP(=O)(OC(C)(C)C)OC1. The fourth-order valence-electron chi connectivity index (χ4n) is 3.98. The van der Waals surface area contributed by atoms with Crippen LogP contribution in [0.25, 0.3) is 0 Å². The number of phosphoric acid groups is 1. The van der Waals surface area contributed by atoms with Gasteiger partial charge in [-0.2, -0.15) is 0 Å². The molecule has 8 heteroatoms. The minimum atomic E-state index is -3.66. The van der Waals surface area contributed by atoms with Crippen molar-refractivity contribution in [2.24, 2.45) is 0 Å². The van der Waals surface area contributed by atoms with Crippen LogP contribution in [0.1, 0.15) is 132 Å². The van der Waals surface area contributed by atoms with E-state index in [9.17, 15) is 9.36 Å². The molecule has 202 valence electrons. The van der Waals surface area contributed by atoms with E-state index in [1.807, 2.05) is 20.8 Å². The molecule has 1 N–H and O–H groups in total. The minimum absolute atomic E-state index is 0.0671. The Morgan fingerprint density at radius 1 is 0.794 bits per heavy atom. The second-order valence-electron chi connectivity index (χ2n) is 11.7. The van der Waals surface area contributed by atoms with Crippen LogP contribution >= 0.6 is 7.82 Å². The number of carbonyl (C=O) groups excluding carboxylic acids is 1. The Labute approximate surface area is 209 Å². The molecule has 1 rings (SSSR count). The number of alkyl carbamates (subject to hydrolysis) is 1. The second kappa shape index (κ2) is 14.8. The largest absolute Gasteiger partial charge is 0.475 e. The maximum Gasteiger partial charge on any atom is 0.475 e. The fourth-order valence-corrected chi connectivity index (χ4v) is 5.64. The third kappa shape index (κ3) is 14.7. The highest BCUT2D eigenvalue weighted by atomic mass is 31.2. The number of phosphoric ester groups is 1. The van der Waals surface area contributed by atoms with Crippen LogP contribution < -0.4 is 5.32 Å². The molecule has 0 aromatic rings. The zero-order chi connectivity index (χ0) is 25.7. The summed E-state index contributed by atoms with van der Waals surface area (Å²) in [5, 5.41) is 2.94. The van der Waals surface area contributed by atoms with E-state index in [4.69, 9.17) is 18.3 Å². The lowest BCUT2D eigenvalue weighted by Crippen LogP contribution is -2.57. The van der Waals surface area contributed by atoms with E-state index in [1.165, 1.54) is 64.2 Å². The summed E-state index contributed by atoms with van der Waals surface area (Å²) in [4.78, 5) is 12.5. The lowest BCUT2D eigenvalue weighted by molar-refractivity contribution is -0.0282. The lowest BCUT2D eigenvalue weighted by atomic mass is 9.93.